The lowest BCUT2D eigenvalue weighted by molar-refractivity contribution is 0.0944. The van der Waals surface area contributed by atoms with Gasteiger partial charge < -0.3 is 5.21 Å². The van der Waals surface area contributed by atoms with Gasteiger partial charge in [0.05, 0.1) is 11.4 Å². The van der Waals surface area contributed by atoms with Crippen molar-refractivity contribution in [2.24, 2.45) is 5.16 Å². The molecule has 92 valence electrons. The molecular weight excluding hydrogens is 230 g/mol. The van der Waals surface area contributed by atoms with Crippen LogP contribution in [0.25, 0.3) is 0 Å². The minimum absolute atomic E-state index is 0.212. The second kappa shape index (κ2) is 4.83. The highest BCUT2D eigenvalue weighted by molar-refractivity contribution is 6.01. The first kappa shape index (κ1) is 12.0. The number of aromatic nitrogens is 2. The van der Waals surface area contributed by atoms with Gasteiger partial charge in [0, 0.05) is 17.3 Å². The first-order valence-corrected chi connectivity index (χ1v) is 5.48. The van der Waals surface area contributed by atoms with Gasteiger partial charge in [0.15, 0.2) is 0 Å². The smallest absolute Gasteiger partial charge is 0.278 e. The van der Waals surface area contributed by atoms with E-state index in [1.165, 1.54) is 4.68 Å². The molecule has 0 aliphatic rings. The second-order valence-corrected chi connectivity index (χ2v) is 3.93. The molecular formula is C13H13N3O2. The molecule has 0 aliphatic carbocycles. The van der Waals surface area contributed by atoms with Crippen LogP contribution in [0.4, 0.5) is 0 Å². The molecule has 1 N–H and O–H groups in total. The topological polar surface area (TPSA) is 67.5 Å². The molecule has 5 heteroatoms. The lowest BCUT2D eigenvalue weighted by Gasteiger charge is -1.99. The number of nitrogens with zero attached hydrogens (tertiary/aromatic N) is 3. The van der Waals surface area contributed by atoms with Crippen LogP contribution in [-0.4, -0.2) is 26.6 Å². The van der Waals surface area contributed by atoms with Crippen molar-refractivity contribution in [3.63, 3.8) is 0 Å². The standard InChI is InChI=1S/C13H13N3O2/c1-9-12(10(2)15-18)8-16(14-9)13(17)11-6-4-3-5-7-11/h3-8,18H,1-2H3/b15-10+. The van der Waals surface area contributed by atoms with Crippen molar-refractivity contribution in [1.82, 2.24) is 9.78 Å². The van der Waals surface area contributed by atoms with E-state index in [0.717, 1.165) is 0 Å². The third kappa shape index (κ3) is 2.15. The van der Waals surface area contributed by atoms with Gasteiger partial charge >= 0.3 is 0 Å². The van der Waals surface area contributed by atoms with Crippen LogP contribution in [0.2, 0.25) is 0 Å². The van der Waals surface area contributed by atoms with Gasteiger partial charge in [0.25, 0.3) is 5.91 Å². The van der Waals surface area contributed by atoms with Crippen molar-refractivity contribution in [1.29, 1.82) is 0 Å². The normalized spacial score (nSPS) is 11.6. The van der Waals surface area contributed by atoms with Crippen LogP contribution in [0.15, 0.2) is 41.7 Å². The van der Waals surface area contributed by atoms with Gasteiger partial charge in [-0.15, -0.1) is 0 Å². The largest absolute Gasteiger partial charge is 0.411 e. The summed E-state index contributed by atoms with van der Waals surface area (Å²) in [5.74, 6) is -0.212. The second-order valence-electron chi connectivity index (χ2n) is 3.93. The quantitative estimate of drug-likeness (QED) is 0.499. The summed E-state index contributed by atoms with van der Waals surface area (Å²) in [6, 6.07) is 8.90. The first-order chi connectivity index (χ1) is 8.63. The Kier molecular flexibility index (Phi) is 3.23. The van der Waals surface area contributed by atoms with E-state index in [1.807, 2.05) is 6.07 Å². The van der Waals surface area contributed by atoms with Crippen molar-refractivity contribution in [2.45, 2.75) is 13.8 Å². The summed E-state index contributed by atoms with van der Waals surface area (Å²) in [6.45, 7) is 3.42. The summed E-state index contributed by atoms with van der Waals surface area (Å²) in [7, 11) is 0. The Labute approximate surface area is 104 Å². The van der Waals surface area contributed by atoms with Crippen molar-refractivity contribution in [2.75, 3.05) is 0 Å². The van der Waals surface area contributed by atoms with Crippen LogP contribution in [0.5, 0.6) is 0 Å². The minimum atomic E-state index is -0.212. The molecule has 0 radical (unpaired) electrons. The van der Waals surface area contributed by atoms with Gasteiger partial charge in [0.2, 0.25) is 0 Å². The summed E-state index contributed by atoms with van der Waals surface area (Å²) in [5.41, 5.74) is 2.29. The fourth-order valence-corrected chi connectivity index (χ4v) is 1.69. The monoisotopic (exact) mass is 243 g/mol. The lowest BCUT2D eigenvalue weighted by Crippen LogP contribution is -2.12. The Morgan fingerprint density at radius 3 is 2.61 bits per heavy atom. The number of carbonyl (C=O) groups excluding carboxylic acids is 1. The lowest BCUT2D eigenvalue weighted by atomic mass is 10.2. The van der Waals surface area contributed by atoms with E-state index in [9.17, 15) is 4.79 Å². The highest BCUT2D eigenvalue weighted by Crippen LogP contribution is 2.09. The molecule has 1 aromatic carbocycles. The zero-order valence-corrected chi connectivity index (χ0v) is 10.2. The zero-order valence-electron chi connectivity index (χ0n) is 10.2. The van der Waals surface area contributed by atoms with E-state index in [1.54, 1.807) is 44.3 Å². The van der Waals surface area contributed by atoms with Gasteiger partial charge in [-0.2, -0.15) is 5.10 Å². The fourth-order valence-electron chi connectivity index (χ4n) is 1.69. The number of benzene rings is 1. The van der Waals surface area contributed by atoms with Crippen LogP contribution in [0, 0.1) is 6.92 Å². The third-order valence-electron chi connectivity index (χ3n) is 2.67. The Morgan fingerprint density at radius 1 is 1.33 bits per heavy atom. The molecule has 0 unspecified atom stereocenters. The van der Waals surface area contributed by atoms with Crippen molar-refractivity contribution in [3.05, 3.63) is 53.3 Å². The maximum atomic E-state index is 12.1. The van der Waals surface area contributed by atoms with Crippen molar-refractivity contribution in [3.8, 4) is 0 Å². The number of rotatable bonds is 2. The molecule has 0 saturated carbocycles. The Hall–Kier alpha value is -2.43. The van der Waals surface area contributed by atoms with Crippen molar-refractivity contribution >= 4 is 11.6 Å². The highest BCUT2D eigenvalue weighted by Gasteiger charge is 2.14. The molecule has 1 heterocycles. The molecule has 0 aliphatic heterocycles. The summed E-state index contributed by atoms with van der Waals surface area (Å²) in [5, 5.41) is 16.0. The average molecular weight is 243 g/mol. The molecule has 2 rings (SSSR count). The minimum Gasteiger partial charge on any atom is -0.411 e. The van der Waals surface area contributed by atoms with Crippen molar-refractivity contribution < 1.29 is 10.0 Å². The number of hydrogen-bond acceptors (Lipinski definition) is 4. The molecule has 0 saturated heterocycles. The van der Waals surface area contributed by atoms with E-state index in [2.05, 4.69) is 10.3 Å². The first-order valence-electron chi connectivity index (χ1n) is 5.48. The number of aryl methyl sites for hydroxylation is 1. The molecule has 0 amide bonds. The van der Waals surface area contributed by atoms with Gasteiger partial charge in [0.1, 0.15) is 0 Å². The van der Waals surface area contributed by atoms with E-state index in [0.29, 0.717) is 22.5 Å². The number of hydrogen-bond donors (Lipinski definition) is 1. The van der Waals surface area contributed by atoms with Gasteiger partial charge in [-0.3, -0.25) is 4.79 Å². The summed E-state index contributed by atoms with van der Waals surface area (Å²) in [4.78, 5) is 12.1. The maximum absolute atomic E-state index is 12.1. The predicted octanol–water partition coefficient (Wildman–Crippen LogP) is 2.08. The van der Waals surface area contributed by atoms with Gasteiger partial charge in [-0.25, -0.2) is 4.68 Å². The van der Waals surface area contributed by atoms with Crippen LogP contribution in [0.1, 0.15) is 28.5 Å². The summed E-state index contributed by atoms with van der Waals surface area (Å²) < 4.78 is 1.26. The zero-order chi connectivity index (χ0) is 13.1. The van der Waals surface area contributed by atoms with E-state index >= 15 is 0 Å². The van der Waals surface area contributed by atoms with Crippen LogP contribution >= 0.6 is 0 Å². The van der Waals surface area contributed by atoms with Crippen LogP contribution < -0.4 is 0 Å². The third-order valence-corrected chi connectivity index (χ3v) is 2.67. The SMILES string of the molecule is C/C(=N\O)c1cn(C(=O)c2ccccc2)nc1C. The molecule has 0 atom stereocenters. The predicted molar refractivity (Wildman–Crippen MR) is 67.1 cm³/mol. The van der Waals surface area contributed by atoms with Crippen LogP contribution in [-0.2, 0) is 0 Å². The fraction of sp³-hybridized carbons (Fsp3) is 0.154. The van der Waals surface area contributed by atoms with E-state index in [-0.39, 0.29) is 5.91 Å². The number of carbonyl (C=O) groups is 1. The summed E-state index contributed by atoms with van der Waals surface area (Å²) in [6.07, 6.45) is 1.57. The molecule has 5 nitrogen and oxygen atoms in total. The Bertz CT molecular complexity index is 600. The summed E-state index contributed by atoms with van der Waals surface area (Å²) >= 11 is 0. The molecule has 2 aromatic rings. The highest BCUT2D eigenvalue weighted by atomic mass is 16.4. The molecule has 0 bridgehead atoms. The van der Waals surface area contributed by atoms with E-state index < -0.39 is 0 Å². The van der Waals surface area contributed by atoms with Gasteiger partial charge in [-0.05, 0) is 26.0 Å². The Morgan fingerprint density at radius 2 is 2.00 bits per heavy atom. The van der Waals surface area contributed by atoms with Crippen LogP contribution in [0.3, 0.4) is 0 Å². The average Bonchev–Trinajstić information content (AvgIpc) is 2.80. The number of oxime groups is 1. The van der Waals surface area contributed by atoms with E-state index in [4.69, 9.17) is 5.21 Å². The molecule has 1 aromatic heterocycles. The Balaban J connectivity index is 2.39. The molecule has 0 fully saturated rings. The molecule has 18 heavy (non-hydrogen) atoms. The molecule has 0 spiro atoms. The van der Waals surface area contributed by atoms with Gasteiger partial charge in [-0.1, -0.05) is 23.4 Å². The maximum Gasteiger partial charge on any atom is 0.278 e.